The van der Waals surface area contributed by atoms with Crippen LogP contribution < -0.4 is 0 Å². The summed E-state index contributed by atoms with van der Waals surface area (Å²) in [5.74, 6) is 6.58. The van der Waals surface area contributed by atoms with Crippen molar-refractivity contribution in [2.45, 2.75) is 76.2 Å². The van der Waals surface area contributed by atoms with Crippen molar-refractivity contribution in [2.24, 2.45) is 29.1 Å². The van der Waals surface area contributed by atoms with Crippen LogP contribution in [0.4, 0.5) is 0 Å². The molecule has 3 heteroatoms. The number of hydrogen-bond donors (Lipinski definition) is 0. The lowest BCUT2D eigenvalue weighted by Crippen LogP contribution is -2.47. The van der Waals surface area contributed by atoms with Gasteiger partial charge in [0.25, 0.3) is 0 Å². The monoisotopic (exact) mass is 380 g/mol. The molecule has 5 rings (SSSR count). The number of Topliss-reactive ketones (excluding diaryl/α,β-unsaturated/α-hetero) is 1. The van der Waals surface area contributed by atoms with Gasteiger partial charge in [-0.15, -0.1) is 23.5 Å². The van der Waals surface area contributed by atoms with Crippen molar-refractivity contribution in [3.05, 3.63) is 11.6 Å². The van der Waals surface area contributed by atoms with Gasteiger partial charge in [-0.3, -0.25) is 4.79 Å². The minimum atomic E-state index is 0. The zero-order valence-electron chi connectivity index (χ0n) is 16.2. The minimum absolute atomic E-state index is 0. The van der Waals surface area contributed by atoms with Gasteiger partial charge in [0.1, 0.15) is 5.78 Å². The number of fused-ring (bicyclic) bond motifs is 5. The van der Waals surface area contributed by atoms with Crippen LogP contribution in [0.15, 0.2) is 11.6 Å². The van der Waals surface area contributed by atoms with Crippen LogP contribution in [-0.4, -0.2) is 21.4 Å². The molecule has 4 fully saturated rings. The van der Waals surface area contributed by atoms with Gasteiger partial charge in [-0.05, 0) is 68.6 Å². The van der Waals surface area contributed by atoms with Crippen LogP contribution in [-0.2, 0) is 4.79 Å². The van der Waals surface area contributed by atoms with Crippen molar-refractivity contribution >= 4 is 29.3 Å². The van der Waals surface area contributed by atoms with E-state index in [9.17, 15) is 4.79 Å². The van der Waals surface area contributed by atoms with E-state index < -0.39 is 0 Å². The number of rotatable bonds is 0. The Labute approximate surface area is 164 Å². The summed E-state index contributed by atoms with van der Waals surface area (Å²) >= 11 is 4.42. The van der Waals surface area contributed by atoms with Crippen molar-refractivity contribution in [2.75, 3.05) is 11.5 Å². The van der Waals surface area contributed by atoms with Crippen molar-refractivity contribution in [3.8, 4) is 0 Å². The van der Waals surface area contributed by atoms with Crippen LogP contribution >= 0.6 is 23.5 Å². The highest BCUT2D eigenvalue weighted by Gasteiger charge is 2.56. The molecular formula is C22H36OS2. The standard InChI is InChI=1S/C20H28OS2.C2H6.H2/c1-19-8-6-15-14-7-9-20(22-10-11-23-20)12-13(14)2-3-16(15)17(19)4-5-18(19)21;1-2;/h12,14-17H,2-11H2,1H3;1-2H3;1H. The van der Waals surface area contributed by atoms with Crippen LogP contribution in [0.1, 0.15) is 73.6 Å². The lowest BCUT2D eigenvalue weighted by Gasteiger charge is -2.53. The van der Waals surface area contributed by atoms with Gasteiger partial charge in [0.05, 0.1) is 4.08 Å². The highest BCUT2D eigenvalue weighted by molar-refractivity contribution is 8.21. The highest BCUT2D eigenvalue weighted by atomic mass is 32.2. The predicted octanol–water partition coefficient (Wildman–Crippen LogP) is 6.58. The van der Waals surface area contributed by atoms with Gasteiger partial charge in [-0.25, -0.2) is 0 Å². The molecule has 0 amide bonds. The lowest BCUT2D eigenvalue weighted by molar-refractivity contribution is -0.131. The summed E-state index contributed by atoms with van der Waals surface area (Å²) in [4.78, 5) is 12.4. The summed E-state index contributed by atoms with van der Waals surface area (Å²) in [6, 6.07) is 0. The van der Waals surface area contributed by atoms with E-state index >= 15 is 0 Å². The van der Waals surface area contributed by atoms with Gasteiger partial charge < -0.3 is 0 Å². The summed E-state index contributed by atoms with van der Waals surface area (Å²) in [5, 5.41) is 0. The van der Waals surface area contributed by atoms with Crippen LogP contribution in [0.2, 0.25) is 0 Å². The molecule has 5 atom stereocenters. The normalized spacial score (nSPS) is 44.3. The van der Waals surface area contributed by atoms with E-state index in [-0.39, 0.29) is 6.84 Å². The molecule has 4 aliphatic carbocycles. The fourth-order valence-electron chi connectivity index (χ4n) is 6.78. The Hall–Kier alpha value is 0.110. The summed E-state index contributed by atoms with van der Waals surface area (Å²) in [6.07, 6.45) is 12.8. The van der Waals surface area contributed by atoms with E-state index in [0.717, 1.165) is 24.2 Å². The Kier molecular flexibility index (Phi) is 5.12. The average Bonchev–Trinajstić information content (AvgIpc) is 3.21. The van der Waals surface area contributed by atoms with Crippen LogP contribution in [0, 0.1) is 29.1 Å². The Bertz CT molecular complexity index is 568. The molecule has 5 unspecified atom stereocenters. The molecule has 0 aromatic rings. The maximum atomic E-state index is 12.4. The molecule has 3 saturated carbocycles. The molecule has 0 aromatic heterocycles. The molecule has 1 saturated heterocycles. The van der Waals surface area contributed by atoms with E-state index in [2.05, 4.69) is 36.5 Å². The molecule has 142 valence electrons. The van der Waals surface area contributed by atoms with Crippen molar-refractivity contribution < 1.29 is 6.22 Å². The van der Waals surface area contributed by atoms with Gasteiger partial charge in [-0.1, -0.05) is 32.4 Å². The average molecular weight is 381 g/mol. The van der Waals surface area contributed by atoms with Crippen LogP contribution in [0.25, 0.3) is 0 Å². The molecule has 25 heavy (non-hydrogen) atoms. The van der Waals surface area contributed by atoms with E-state index in [1.54, 1.807) is 0 Å². The summed E-state index contributed by atoms with van der Waals surface area (Å²) < 4.78 is 0.450. The van der Waals surface area contributed by atoms with Gasteiger partial charge in [-0.2, -0.15) is 0 Å². The Morgan fingerprint density at radius 1 is 1.00 bits per heavy atom. The number of ketones is 1. The number of allylic oxidation sites excluding steroid dienone is 1. The number of thioether (sulfide) groups is 2. The maximum absolute atomic E-state index is 12.4. The molecule has 0 aromatic carbocycles. The first-order chi connectivity index (χ1) is 12.1. The summed E-state index contributed by atoms with van der Waals surface area (Å²) in [6.45, 7) is 6.30. The quantitative estimate of drug-likeness (QED) is 0.442. The van der Waals surface area contributed by atoms with E-state index in [1.165, 1.54) is 56.5 Å². The molecule has 1 aliphatic heterocycles. The van der Waals surface area contributed by atoms with Gasteiger partial charge >= 0.3 is 0 Å². The molecule has 0 N–H and O–H groups in total. The van der Waals surface area contributed by atoms with Gasteiger partial charge in [0, 0.05) is 24.8 Å². The van der Waals surface area contributed by atoms with E-state index in [4.69, 9.17) is 0 Å². The Morgan fingerprint density at radius 3 is 2.52 bits per heavy atom. The summed E-state index contributed by atoms with van der Waals surface area (Å²) in [7, 11) is 0. The highest BCUT2D eigenvalue weighted by Crippen LogP contribution is 2.63. The molecule has 1 nitrogen and oxygen atoms in total. The fraction of sp³-hybridized carbons (Fsp3) is 0.864. The topological polar surface area (TPSA) is 17.1 Å². The first kappa shape index (κ1) is 18.5. The molecular weight excluding hydrogens is 344 g/mol. The number of hydrogen-bond acceptors (Lipinski definition) is 3. The van der Waals surface area contributed by atoms with E-state index in [1.807, 2.05) is 19.4 Å². The summed E-state index contributed by atoms with van der Waals surface area (Å²) in [5.41, 5.74) is 1.86. The van der Waals surface area contributed by atoms with Crippen molar-refractivity contribution in [3.63, 3.8) is 0 Å². The SMILES string of the molecule is CC.CC12CCC3C4CCC5(C=C4CCC3C1CCC2=O)SCCS5.[HH]. The minimum Gasteiger partial charge on any atom is -0.299 e. The van der Waals surface area contributed by atoms with Crippen LogP contribution in [0.3, 0.4) is 0 Å². The second-order valence-electron chi connectivity index (χ2n) is 8.76. The Morgan fingerprint density at radius 2 is 1.76 bits per heavy atom. The predicted molar refractivity (Wildman–Crippen MR) is 113 cm³/mol. The Balaban J connectivity index is 0.000000633. The zero-order valence-corrected chi connectivity index (χ0v) is 17.8. The molecule has 0 bridgehead atoms. The van der Waals surface area contributed by atoms with Crippen LogP contribution in [0.5, 0.6) is 0 Å². The first-order valence-electron chi connectivity index (χ1n) is 10.6. The molecule has 5 aliphatic rings. The first-order valence-corrected chi connectivity index (χ1v) is 12.6. The number of carbonyl (C=O) groups excluding carboxylic acids is 1. The molecule has 1 heterocycles. The molecule has 1 spiro atoms. The van der Waals surface area contributed by atoms with Gasteiger partial charge in [0.2, 0.25) is 0 Å². The van der Waals surface area contributed by atoms with Crippen molar-refractivity contribution in [1.29, 1.82) is 0 Å². The zero-order chi connectivity index (χ0) is 17.7. The second-order valence-corrected chi connectivity index (χ2v) is 11.9. The lowest BCUT2D eigenvalue weighted by atomic mass is 9.52. The fourth-order valence-corrected chi connectivity index (χ4v) is 9.97. The third kappa shape index (κ3) is 2.87. The molecule has 0 radical (unpaired) electrons. The maximum Gasteiger partial charge on any atom is 0.139 e. The van der Waals surface area contributed by atoms with Gasteiger partial charge in [0.15, 0.2) is 0 Å². The third-order valence-electron chi connectivity index (χ3n) is 7.95. The second kappa shape index (κ2) is 6.93. The van der Waals surface area contributed by atoms with E-state index in [0.29, 0.717) is 15.8 Å². The smallest absolute Gasteiger partial charge is 0.139 e. The number of carbonyl (C=O) groups is 1. The largest absolute Gasteiger partial charge is 0.299 e. The van der Waals surface area contributed by atoms with Crippen molar-refractivity contribution in [1.82, 2.24) is 0 Å². The third-order valence-corrected chi connectivity index (χ3v) is 11.3.